The number of fused-ring (bicyclic) bond motifs is 2. The zero-order chi connectivity index (χ0) is 19.0. The van der Waals surface area contributed by atoms with Crippen LogP contribution in [0.3, 0.4) is 0 Å². The second-order valence-electron chi connectivity index (χ2n) is 7.78. The second kappa shape index (κ2) is 8.08. The van der Waals surface area contributed by atoms with Gasteiger partial charge in [-0.3, -0.25) is 4.98 Å². The van der Waals surface area contributed by atoms with E-state index >= 15 is 0 Å². The number of methoxy groups -OCH3 is 1. The zero-order valence-electron chi connectivity index (χ0n) is 16.6. The molecule has 1 N–H and O–H groups in total. The van der Waals surface area contributed by atoms with Crippen molar-refractivity contribution in [3.63, 3.8) is 0 Å². The molecule has 0 spiro atoms. The molecule has 3 aromatic rings. The molecule has 28 heavy (non-hydrogen) atoms. The summed E-state index contributed by atoms with van der Waals surface area (Å²) in [6.45, 7) is 0.793. The van der Waals surface area contributed by atoms with Gasteiger partial charge < -0.3 is 14.7 Å². The molecule has 1 aliphatic rings. The van der Waals surface area contributed by atoms with Crippen LogP contribution in [0.2, 0.25) is 0 Å². The maximum Gasteiger partial charge on any atom is 0.119 e. The summed E-state index contributed by atoms with van der Waals surface area (Å²) in [5, 5.41) is 13.0. The standard InChI is InChI=1S/C23H26N2O2.ClH/c1-25(2)15-19-13-22-17(11-16-7-4-5-10-21(16)24-22)14-23(19,26)18-8-6-9-20(12-18)27-3;/h4-12,19,26H,13-15H2,1-3H3;1H/t19-,23+;/m0./s1. The number of pyridine rings is 1. The molecule has 0 aliphatic heterocycles. The Labute approximate surface area is 172 Å². The highest BCUT2D eigenvalue weighted by molar-refractivity contribution is 5.85. The lowest BCUT2D eigenvalue weighted by molar-refractivity contribution is -0.0400. The van der Waals surface area contributed by atoms with Crippen LogP contribution >= 0.6 is 12.4 Å². The van der Waals surface area contributed by atoms with E-state index in [1.165, 1.54) is 0 Å². The molecule has 4 rings (SSSR count). The first-order chi connectivity index (χ1) is 13.0. The third-order valence-corrected chi connectivity index (χ3v) is 5.62. The van der Waals surface area contributed by atoms with Crippen LogP contribution < -0.4 is 4.74 Å². The van der Waals surface area contributed by atoms with Gasteiger partial charge in [-0.2, -0.15) is 0 Å². The van der Waals surface area contributed by atoms with Crippen LogP contribution in [0, 0.1) is 5.92 Å². The van der Waals surface area contributed by atoms with Crippen molar-refractivity contribution in [2.45, 2.75) is 18.4 Å². The van der Waals surface area contributed by atoms with E-state index < -0.39 is 5.60 Å². The number of rotatable bonds is 4. The molecule has 0 bridgehead atoms. The molecule has 2 atom stereocenters. The summed E-state index contributed by atoms with van der Waals surface area (Å²) >= 11 is 0. The number of hydrogen-bond donors (Lipinski definition) is 1. The summed E-state index contributed by atoms with van der Waals surface area (Å²) in [6, 6.07) is 18.2. The fourth-order valence-corrected chi connectivity index (χ4v) is 4.25. The topological polar surface area (TPSA) is 45.6 Å². The molecule has 0 fully saturated rings. The Morgan fingerprint density at radius 1 is 1.14 bits per heavy atom. The number of nitrogens with zero attached hydrogens (tertiary/aromatic N) is 2. The highest BCUT2D eigenvalue weighted by Crippen LogP contribution is 2.42. The highest BCUT2D eigenvalue weighted by Gasteiger charge is 2.43. The molecule has 0 saturated heterocycles. The maximum absolute atomic E-state index is 11.9. The van der Waals surface area contributed by atoms with Crippen LogP contribution in [-0.2, 0) is 18.4 Å². The number of para-hydroxylation sites is 1. The van der Waals surface area contributed by atoms with Crippen molar-refractivity contribution >= 4 is 23.3 Å². The minimum absolute atomic E-state index is 0. The molecule has 1 aromatic heterocycles. The van der Waals surface area contributed by atoms with Gasteiger partial charge >= 0.3 is 0 Å². The Morgan fingerprint density at radius 3 is 2.68 bits per heavy atom. The minimum Gasteiger partial charge on any atom is -0.497 e. The van der Waals surface area contributed by atoms with E-state index in [9.17, 15) is 5.11 Å². The van der Waals surface area contributed by atoms with Gasteiger partial charge in [-0.15, -0.1) is 12.4 Å². The van der Waals surface area contributed by atoms with E-state index in [0.717, 1.165) is 46.4 Å². The van der Waals surface area contributed by atoms with E-state index in [2.05, 4.69) is 37.2 Å². The Hall–Kier alpha value is -2.14. The van der Waals surface area contributed by atoms with E-state index in [4.69, 9.17) is 9.72 Å². The van der Waals surface area contributed by atoms with Crippen LogP contribution in [0.25, 0.3) is 10.9 Å². The van der Waals surface area contributed by atoms with Gasteiger partial charge in [0.05, 0.1) is 18.2 Å². The number of ether oxygens (including phenoxy) is 1. The van der Waals surface area contributed by atoms with Crippen molar-refractivity contribution < 1.29 is 9.84 Å². The summed E-state index contributed by atoms with van der Waals surface area (Å²) in [5.41, 5.74) is 3.22. The fraction of sp³-hybridized carbons (Fsp3) is 0.348. The van der Waals surface area contributed by atoms with Gasteiger partial charge in [-0.05, 0) is 55.9 Å². The third kappa shape index (κ3) is 3.72. The third-order valence-electron chi connectivity index (χ3n) is 5.62. The van der Waals surface area contributed by atoms with E-state index in [0.29, 0.717) is 6.42 Å². The quantitative estimate of drug-likeness (QED) is 0.725. The fourth-order valence-electron chi connectivity index (χ4n) is 4.25. The van der Waals surface area contributed by atoms with Crippen molar-refractivity contribution in [1.82, 2.24) is 9.88 Å². The smallest absolute Gasteiger partial charge is 0.119 e. The molecule has 0 radical (unpaired) electrons. The number of aliphatic hydroxyl groups is 1. The Balaban J connectivity index is 0.00000225. The molecule has 0 saturated carbocycles. The summed E-state index contributed by atoms with van der Waals surface area (Å²) in [5.74, 6) is 0.827. The van der Waals surface area contributed by atoms with Crippen molar-refractivity contribution in [3.05, 3.63) is 71.4 Å². The first kappa shape index (κ1) is 20.6. The van der Waals surface area contributed by atoms with Gasteiger partial charge in [-0.25, -0.2) is 0 Å². The van der Waals surface area contributed by atoms with Gasteiger partial charge in [0.15, 0.2) is 0 Å². The van der Waals surface area contributed by atoms with Crippen molar-refractivity contribution in [2.24, 2.45) is 5.92 Å². The van der Waals surface area contributed by atoms with Crippen LogP contribution in [0.5, 0.6) is 5.75 Å². The average molecular weight is 399 g/mol. The predicted molar refractivity (Wildman–Crippen MR) is 115 cm³/mol. The van der Waals surface area contributed by atoms with Crippen LogP contribution in [0.1, 0.15) is 16.8 Å². The summed E-state index contributed by atoms with van der Waals surface area (Å²) in [4.78, 5) is 7.05. The average Bonchev–Trinajstić information content (AvgIpc) is 2.67. The molecule has 2 aromatic carbocycles. The van der Waals surface area contributed by atoms with Gasteiger partial charge in [-0.1, -0.05) is 30.3 Å². The SMILES string of the molecule is COc1cccc([C@]2(O)Cc3cc4ccccc4nc3C[C@H]2CN(C)C)c1.Cl. The largest absolute Gasteiger partial charge is 0.497 e. The number of benzene rings is 2. The Kier molecular flexibility index (Phi) is 5.94. The lowest BCUT2D eigenvalue weighted by atomic mass is 9.70. The molecule has 0 amide bonds. The minimum atomic E-state index is -0.948. The van der Waals surface area contributed by atoms with E-state index in [-0.39, 0.29) is 18.3 Å². The van der Waals surface area contributed by atoms with Crippen LogP contribution in [0.15, 0.2) is 54.6 Å². The number of aromatic nitrogens is 1. The lowest BCUT2D eigenvalue weighted by Crippen LogP contribution is -2.46. The molecule has 4 nitrogen and oxygen atoms in total. The predicted octanol–water partition coefficient (Wildman–Crippen LogP) is 3.83. The number of halogens is 1. The van der Waals surface area contributed by atoms with Crippen molar-refractivity contribution in [2.75, 3.05) is 27.7 Å². The molecule has 1 aliphatic carbocycles. The summed E-state index contributed by atoms with van der Waals surface area (Å²) < 4.78 is 5.40. The van der Waals surface area contributed by atoms with Crippen molar-refractivity contribution in [3.8, 4) is 5.75 Å². The molecule has 1 heterocycles. The Bertz CT molecular complexity index is 976. The monoisotopic (exact) mass is 398 g/mol. The maximum atomic E-state index is 11.9. The van der Waals surface area contributed by atoms with E-state index in [1.807, 2.05) is 36.4 Å². The van der Waals surface area contributed by atoms with Gasteiger partial charge in [0.2, 0.25) is 0 Å². The van der Waals surface area contributed by atoms with Gasteiger partial charge in [0.1, 0.15) is 5.75 Å². The van der Waals surface area contributed by atoms with E-state index in [1.54, 1.807) is 7.11 Å². The molecule has 0 unspecified atom stereocenters. The summed E-state index contributed by atoms with van der Waals surface area (Å²) in [6.07, 6.45) is 1.32. The molecular weight excluding hydrogens is 372 g/mol. The molecular formula is C23H27ClN2O2. The van der Waals surface area contributed by atoms with Crippen LogP contribution in [-0.4, -0.2) is 42.7 Å². The first-order valence-corrected chi connectivity index (χ1v) is 9.39. The molecule has 148 valence electrons. The zero-order valence-corrected chi connectivity index (χ0v) is 17.4. The number of hydrogen-bond acceptors (Lipinski definition) is 4. The highest BCUT2D eigenvalue weighted by atomic mass is 35.5. The normalized spacial score (nSPS) is 21.2. The molecule has 5 heteroatoms. The Morgan fingerprint density at radius 2 is 1.93 bits per heavy atom. The second-order valence-corrected chi connectivity index (χ2v) is 7.78. The lowest BCUT2D eigenvalue weighted by Gasteiger charge is -2.42. The summed E-state index contributed by atoms with van der Waals surface area (Å²) in [7, 11) is 5.76. The first-order valence-electron chi connectivity index (χ1n) is 9.39. The van der Waals surface area contributed by atoms with Crippen molar-refractivity contribution in [1.29, 1.82) is 0 Å². The van der Waals surface area contributed by atoms with Crippen LogP contribution in [0.4, 0.5) is 0 Å². The van der Waals surface area contributed by atoms with Gasteiger partial charge in [0.25, 0.3) is 0 Å². The van der Waals surface area contributed by atoms with Gasteiger partial charge in [0, 0.05) is 30.0 Å².